The molecule has 2 nitrogen and oxygen atoms in total. The molecule has 2 aliphatic heterocycles. The zero-order valence-corrected chi connectivity index (χ0v) is 47.8. The number of fused-ring (bicyclic) bond motifs is 8. The third kappa shape index (κ3) is 7.76. The summed E-state index contributed by atoms with van der Waals surface area (Å²) in [4.78, 5) is 5.49. The second kappa shape index (κ2) is 16.1. The van der Waals surface area contributed by atoms with Crippen molar-refractivity contribution in [3.8, 4) is 0 Å². The topological polar surface area (TPSA) is 6.48 Å². The van der Waals surface area contributed by atoms with Gasteiger partial charge in [0.05, 0.1) is 5.69 Å². The molecular weight excluding hydrogens is 864 g/mol. The van der Waals surface area contributed by atoms with Gasteiger partial charge < -0.3 is 9.80 Å². The Balaban J connectivity index is 1.36. The quantitative estimate of drug-likeness (QED) is 0.147. The van der Waals surface area contributed by atoms with Crippen molar-refractivity contribution in [2.75, 3.05) is 9.80 Å². The number of anilines is 6. The van der Waals surface area contributed by atoms with E-state index in [1.807, 2.05) is 0 Å². The molecule has 0 fully saturated rings. The highest BCUT2D eigenvalue weighted by Gasteiger charge is 2.49. The molecule has 4 heteroatoms. The lowest BCUT2D eigenvalue weighted by Crippen LogP contribution is -2.61. The van der Waals surface area contributed by atoms with Gasteiger partial charge >= 0.3 is 0 Å². The van der Waals surface area contributed by atoms with Gasteiger partial charge in [0.2, 0.25) is 0 Å². The van der Waals surface area contributed by atoms with Crippen LogP contribution in [0.15, 0.2) is 72.8 Å². The first kappa shape index (κ1) is 49.3. The van der Waals surface area contributed by atoms with Gasteiger partial charge in [-0.05, 0) is 199 Å². The van der Waals surface area contributed by atoms with Gasteiger partial charge in [-0.2, -0.15) is 0 Å². The van der Waals surface area contributed by atoms with Crippen LogP contribution in [0, 0.1) is 6.92 Å². The maximum absolute atomic E-state index is 2.76. The van der Waals surface area contributed by atoms with Crippen molar-refractivity contribution >= 4 is 78.0 Å². The van der Waals surface area contributed by atoms with E-state index in [-0.39, 0.29) is 44.6 Å². The average Bonchev–Trinajstić information content (AvgIpc) is 3.65. The third-order valence-corrected chi connectivity index (χ3v) is 19.5. The Morgan fingerprint density at radius 2 is 1.10 bits per heavy atom. The van der Waals surface area contributed by atoms with Crippen LogP contribution in [0.5, 0.6) is 0 Å². The van der Waals surface area contributed by atoms with Gasteiger partial charge in [-0.25, -0.2) is 0 Å². The van der Waals surface area contributed by atoms with E-state index in [0.29, 0.717) is 0 Å². The number of unbranched alkanes of at least 4 members (excludes halogenated alkanes) is 1. The molecule has 0 saturated carbocycles. The van der Waals surface area contributed by atoms with Gasteiger partial charge in [0.1, 0.15) is 0 Å². The van der Waals surface area contributed by atoms with Crippen LogP contribution in [0.25, 0.3) is 10.1 Å². The number of aryl methyl sites for hydroxylation is 2. The smallest absolute Gasteiger partial charge is 0.264 e. The molecule has 6 aromatic rings. The Morgan fingerprint density at radius 1 is 0.571 bits per heavy atom. The molecule has 0 atom stereocenters. The van der Waals surface area contributed by atoms with E-state index in [2.05, 4.69) is 225 Å². The van der Waals surface area contributed by atoms with E-state index in [1.54, 1.807) is 11.1 Å². The van der Waals surface area contributed by atoms with Gasteiger partial charge in [0, 0.05) is 43.3 Å². The highest BCUT2D eigenvalue weighted by molar-refractivity contribution is 7.33. The monoisotopic (exact) mass is 949 g/mol. The van der Waals surface area contributed by atoms with Crippen LogP contribution in [0.2, 0.25) is 0 Å². The molecule has 0 saturated heterocycles. The molecule has 0 unspecified atom stereocenters. The molecule has 0 radical (unpaired) electrons. The molecule has 3 heterocycles. The van der Waals surface area contributed by atoms with Crippen molar-refractivity contribution in [1.29, 1.82) is 0 Å². The van der Waals surface area contributed by atoms with E-state index >= 15 is 0 Å². The minimum absolute atomic E-state index is 0.0295. The molecule has 5 aromatic carbocycles. The van der Waals surface area contributed by atoms with Gasteiger partial charge in [-0.1, -0.05) is 156 Å². The van der Waals surface area contributed by atoms with E-state index in [9.17, 15) is 0 Å². The summed E-state index contributed by atoms with van der Waals surface area (Å²) >= 11 is 2.09. The number of nitrogens with zero attached hydrogens (tertiary/aromatic N) is 2. The molecule has 70 heavy (non-hydrogen) atoms. The molecule has 0 spiro atoms. The normalized spacial score (nSPS) is 18.6. The summed E-state index contributed by atoms with van der Waals surface area (Å²) < 4.78 is 2.91. The molecule has 2 aliphatic carbocycles. The second-order valence-electron chi connectivity index (χ2n) is 28.0. The predicted molar refractivity (Wildman–Crippen MR) is 310 cm³/mol. The first-order valence-corrected chi connectivity index (χ1v) is 28.2. The average molecular weight is 949 g/mol. The lowest BCUT2D eigenvalue weighted by molar-refractivity contribution is 0.332. The molecule has 10 rings (SSSR count). The van der Waals surface area contributed by atoms with Crippen molar-refractivity contribution in [1.82, 2.24) is 0 Å². The lowest BCUT2D eigenvalue weighted by Gasteiger charge is -2.47. The molecule has 4 aliphatic rings. The van der Waals surface area contributed by atoms with Crippen LogP contribution in [0.4, 0.5) is 34.1 Å². The first-order chi connectivity index (χ1) is 32.5. The number of hydrogen-bond donors (Lipinski definition) is 0. The van der Waals surface area contributed by atoms with Crippen LogP contribution in [-0.4, -0.2) is 6.71 Å². The fourth-order valence-corrected chi connectivity index (χ4v) is 14.7. The Labute approximate surface area is 429 Å². The number of benzene rings is 5. The predicted octanol–water partition coefficient (Wildman–Crippen LogP) is 17.6. The maximum Gasteiger partial charge on any atom is 0.264 e. The molecule has 368 valence electrons. The number of rotatable bonds is 7. The third-order valence-electron chi connectivity index (χ3n) is 18.3. The zero-order valence-electron chi connectivity index (χ0n) is 47.0. The summed E-state index contributed by atoms with van der Waals surface area (Å²) in [5.74, 6) is 0. The van der Waals surface area contributed by atoms with Gasteiger partial charge in [0.25, 0.3) is 6.71 Å². The van der Waals surface area contributed by atoms with E-state index in [0.717, 1.165) is 6.42 Å². The second-order valence-corrected chi connectivity index (χ2v) is 29.1. The van der Waals surface area contributed by atoms with Crippen molar-refractivity contribution in [3.05, 3.63) is 123 Å². The first-order valence-electron chi connectivity index (χ1n) is 27.3. The SMILES string of the molecule is CCCCC(C)(C)c1ccc(N2c3cc4c(cc3B3c5sc6cc7c(cc6c5N(c5cc(C(C)(C)C)cc(C(C)(C)C)c5)c5cc(C)cc2c53)C(C)(C)CCC7(C)C)C(C)(C)CCC4(C)C)cc1CC. The molecule has 0 N–H and O–H groups in total. The molecular formula is C66H85BN2S. The minimum Gasteiger partial charge on any atom is -0.311 e. The van der Waals surface area contributed by atoms with Crippen LogP contribution in [0.3, 0.4) is 0 Å². The van der Waals surface area contributed by atoms with E-state index in [4.69, 9.17) is 0 Å². The van der Waals surface area contributed by atoms with Crippen LogP contribution in [-0.2, 0) is 44.3 Å². The summed E-state index contributed by atoms with van der Waals surface area (Å²) in [6.45, 7) is 46.4. The molecule has 1 aromatic heterocycles. The Bertz CT molecular complexity index is 3070. The summed E-state index contributed by atoms with van der Waals surface area (Å²) in [6, 6.07) is 31.0. The Hall–Kier alpha value is -4.28. The van der Waals surface area contributed by atoms with E-state index < -0.39 is 0 Å². The fourth-order valence-electron chi connectivity index (χ4n) is 13.3. The number of hydrogen-bond acceptors (Lipinski definition) is 3. The summed E-state index contributed by atoms with van der Waals surface area (Å²) in [5, 5.41) is 1.41. The van der Waals surface area contributed by atoms with Crippen LogP contribution < -0.4 is 25.5 Å². The highest BCUT2D eigenvalue weighted by atomic mass is 32.1. The minimum atomic E-state index is -0.0295. The van der Waals surface area contributed by atoms with Crippen LogP contribution >= 0.6 is 11.3 Å². The van der Waals surface area contributed by atoms with Gasteiger partial charge in [-0.3, -0.25) is 0 Å². The zero-order chi connectivity index (χ0) is 50.6. The molecule has 0 bridgehead atoms. The maximum atomic E-state index is 2.76. The highest BCUT2D eigenvalue weighted by Crippen LogP contribution is 2.55. The molecule has 0 amide bonds. The summed E-state index contributed by atoms with van der Waals surface area (Å²) in [5.41, 5.74) is 24.5. The Morgan fingerprint density at radius 3 is 1.64 bits per heavy atom. The van der Waals surface area contributed by atoms with Crippen molar-refractivity contribution in [3.63, 3.8) is 0 Å². The van der Waals surface area contributed by atoms with Gasteiger partial charge in [0.15, 0.2) is 0 Å². The van der Waals surface area contributed by atoms with Crippen molar-refractivity contribution in [2.45, 2.75) is 221 Å². The number of thiophene rings is 1. The summed E-state index contributed by atoms with van der Waals surface area (Å²) in [6.07, 6.45) is 9.46. The largest absolute Gasteiger partial charge is 0.311 e. The van der Waals surface area contributed by atoms with Crippen molar-refractivity contribution < 1.29 is 0 Å². The van der Waals surface area contributed by atoms with Gasteiger partial charge in [-0.15, -0.1) is 11.3 Å². The lowest BCUT2D eigenvalue weighted by atomic mass is 9.35. The van der Waals surface area contributed by atoms with Crippen LogP contribution in [0.1, 0.15) is 220 Å². The standard InChI is InChI=1S/C66H85BN2S/c1-20-22-25-62(10,11)47-24-23-44(32-41(47)21-2)68-53-38-50-49(64(14,15)27-28-65(50,16)17)37-52(53)67-57-54(68)30-40(3)31-55(57)69(45-34-42(60(4,5)6)33-43(35-45)61(7,8)9)58-46-36-48-51(39-56(46)70-59(58)67)66(18,19)29-26-63(48,12)13/h23-24,30-39H,20-22,25-29H2,1-19H3. The fraction of sp³-hybridized carbons (Fsp3) is 0.515. The van der Waals surface area contributed by atoms with Crippen molar-refractivity contribution in [2.24, 2.45) is 0 Å². The summed E-state index contributed by atoms with van der Waals surface area (Å²) in [7, 11) is 0. The Kier molecular flexibility index (Phi) is 11.3. The van der Waals surface area contributed by atoms with E-state index in [1.165, 1.54) is 144 Å².